The first-order valence-electron chi connectivity index (χ1n) is 10.2. The standard InChI is InChI=1S/C24H24FN5O2/c1-4-14-6-5-7-15(10-14)21(31)24(32)29-16-8-9-17(19(25)11-16)18-12-30(3)23-20(18)22(26)27-13(2)28-23/h5-12,21,31H,4H2,1-3H3,(H,29,32)(H2,26,27,28). The van der Waals surface area contributed by atoms with Gasteiger partial charge in [0.25, 0.3) is 5.91 Å². The molecule has 8 heteroatoms. The van der Waals surface area contributed by atoms with Gasteiger partial charge < -0.3 is 20.7 Å². The Bertz CT molecular complexity index is 1330. The fraction of sp³-hybridized carbons (Fsp3) is 0.208. The molecule has 0 aliphatic carbocycles. The first-order valence-corrected chi connectivity index (χ1v) is 10.2. The van der Waals surface area contributed by atoms with Crippen LogP contribution in [-0.4, -0.2) is 25.5 Å². The molecule has 0 fully saturated rings. The largest absolute Gasteiger partial charge is 0.383 e. The van der Waals surface area contributed by atoms with Crippen molar-refractivity contribution in [1.29, 1.82) is 0 Å². The smallest absolute Gasteiger partial charge is 0.257 e. The summed E-state index contributed by atoms with van der Waals surface area (Å²) in [6, 6.07) is 11.5. The number of aryl methyl sites for hydroxylation is 3. The molecule has 0 aliphatic heterocycles. The maximum Gasteiger partial charge on any atom is 0.257 e. The van der Waals surface area contributed by atoms with Gasteiger partial charge in [-0.05, 0) is 42.7 Å². The molecule has 2 aromatic carbocycles. The monoisotopic (exact) mass is 433 g/mol. The number of nitrogen functional groups attached to an aromatic ring is 1. The molecule has 0 aliphatic rings. The third-order valence-electron chi connectivity index (χ3n) is 5.41. The van der Waals surface area contributed by atoms with Gasteiger partial charge in [-0.25, -0.2) is 14.4 Å². The molecule has 4 rings (SSSR count). The van der Waals surface area contributed by atoms with Crippen molar-refractivity contribution >= 4 is 28.4 Å². The molecule has 164 valence electrons. The van der Waals surface area contributed by atoms with Crippen LogP contribution in [0.15, 0.2) is 48.7 Å². The Labute approximate surface area is 184 Å². The number of hydrogen-bond donors (Lipinski definition) is 3. The molecule has 0 bridgehead atoms. The summed E-state index contributed by atoms with van der Waals surface area (Å²) in [5.74, 6) is -0.372. The highest BCUT2D eigenvalue weighted by molar-refractivity contribution is 6.01. The number of nitrogens with one attached hydrogen (secondary N) is 1. The number of aliphatic hydroxyl groups is 1. The van der Waals surface area contributed by atoms with Gasteiger partial charge in [0.2, 0.25) is 0 Å². The highest BCUT2D eigenvalue weighted by Crippen LogP contribution is 2.35. The Morgan fingerprint density at radius 2 is 2.00 bits per heavy atom. The lowest BCUT2D eigenvalue weighted by Crippen LogP contribution is -2.21. The normalized spacial score (nSPS) is 12.2. The van der Waals surface area contributed by atoms with Gasteiger partial charge >= 0.3 is 0 Å². The van der Waals surface area contributed by atoms with Crippen molar-refractivity contribution in [2.45, 2.75) is 26.4 Å². The number of fused-ring (bicyclic) bond motifs is 1. The third kappa shape index (κ3) is 3.92. The molecule has 0 saturated carbocycles. The van der Waals surface area contributed by atoms with Crippen molar-refractivity contribution < 1.29 is 14.3 Å². The number of aliphatic hydroxyl groups excluding tert-OH is 1. The molecular formula is C24H24FN5O2. The molecule has 2 aromatic heterocycles. The molecule has 0 radical (unpaired) electrons. The van der Waals surface area contributed by atoms with Crippen LogP contribution < -0.4 is 11.1 Å². The van der Waals surface area contributed by atoms with Crippen LogP contribution in [0.25, 0.3) is 22.2 Å². The minimum Gasteiger partial charge on any atom is -0.383 e. The quantitative estimate of drug-likeness (QED) is 0.443. The summed E-state index contributed by atoms with van der Waals surface area (Å²) in [5, 5.41) is 13.6. The fourth-order valence-electron chi connectivity index (χ4n) is 3.77. The Hall–Kier alpha value is -3.78. The van der Waals surface area contributed by atoms with Crippen LogP contribution in [-0.2, 0) is 18.3 Å². The van der Waals surface area contributed by atoms with Crippen LogP contribution in [0.4, 0.5) is 15.9 Å². The number of carbonyl (C=O) groups excluding carboxylic acids is 1. The maximum absolute atomic E-state index is 15.1. The van der Waals surface area contributed by atoms with E-state index in [1.807, 2.05) is 13.0 Å². The van der Waals surface area contributed by atoms with Crippen molar-refractivity contribution in [3.8, 4) is 11.1 Å². The number of carbonyl (C=O) groups is 1. The number of nitrogens with zero attached hydrogens (tertiary/aromatic N) is 3. The predicted molar refractivity (Wildman–Crippen MR) is 122 cm³/mol. The summed E-state index contributed by atoms with van der Waals surface area (Å²) in [7, 11) is 1.80. The molecule has 4 aromatic rings. The zero-order valence-electron chi connectivity index (χ0n) is 18.1. The van der Waals surface area contributed by atoms with E-state index >= 15 is 4.39 Å². The summed E-state index contributed by atoms with van der Waals surface area (Å²) in [4.78, 5) is 21.1. The Balaban J connectivity index is 1.62. The summed E-state index contributed by atoms with van der Waals surface area (Å²) < 4.78 is 16.8. The number of benzene rings is 2. The zero-order chi connectivity index (χ0) is 23.0. The zero-order valence-corrected chi connectivity index (χ0v) is 18.1. The third-order valence-corrected chi connectivity index (χ3v) is 5.41. The van der Waals surface area contributed by atoms with E-state index in [1.54, 1.807) is 55.1 Å². The molecule has 7 nitrogen and oxygen atoms in total. The minimum absolute atomic E-state index is 0.238. The van der Waals surface area contributed by atoms with E-state index < -0.39 is 17.8 Å². The molecule has 1 unspecified atom stereocenters. The lowest BCUT2D eigenvalue weighted by atomic mass is 10.0. The van der Waals surface area contributed by atoms with Gasteiger partial charge in [0.05, 0.1) is 5.39 Å². The SMILES string of the molecule is CCc1cccc(C(O)C(=O)Nc2ccc(-c3cn(C)c4nc(C)nc(N)c34)c(F)c2)c1. The summed E-state index contributed by atoms with van der Waals surface area (Å²) in [6.07, 6.45) is 1.18. The predicted octanol–water partition coefficient (Wildman–Crippen LogP) is 3.90. The van der Waals surface area contributed by atoms with E-state index in [9.17, 15) is 9.90 Å². The number of anilines is 2. The fourth-order valence-corrected chi connectivity index (χ4v) is 3.77. The number of aromatic nitrogens is 3. The van der Waals surface area contributed by atoms with Crippen molar-refractivity contribution in [3.63, 3.8) is 0 Å². The van der Waals surface area contributed by atoms with Gasteiger partial charge in [-0.1, -0.05) is 31.2 Å². The molecule has 0 saturated heterocycles. The lowest BCUT2D eigenvalue weighted by Gasteiger charge is -2.13. The summed E-state index contributed by atoms with van der Waals surface area (Å²) in [6.45, 7) is 3.74. The van der Waals surface area contributed by atoms with E-state index in [1.165, 1.54) is 6.07 Å². The molecular weight excluding hydrogens is 409 g/mol. The van der Waals surface area contributed by atoms with Gasteiger partial charge in [-0.15, -0.1) is 0 Å². The van der Waals surface area contributed by atoms with E-state index in [4.69, 9.17) is 5.73 Å². The molecule has 1 amide bonds. The first kappa shape index (κ1) is 21.5. The van der Waals surface area contributed by atoms with Crippen LogP contribution in [0, 0.1) is 12.7 Å². The Morgan fingerprint density at radius 3 is 2.72 bits per heavy atom. The second kappa shape index (κ2) is 8.39. The second-order valence-corrected chi connectivity index (χ2v) is 7.69. The van der Waals surface area contributed by atoms with Crippen LogP contribution in [0.2, 0.25) is 0 Å². The van der Waals surface area contributed by atoms with Gasteiger partial charge in [-0.3, -0.25) is 4.79 Å². The Kier molecular flexibility index (Phi) is 5.63. The van der Waals surface area contributed by atoms with Crippen LogP contribution in [0.3, 0.4) is 0 Å². The van der Waals surface area contributed by atoms with E-state index in [0.717, 1.165) is 12.0 Å². The van der Waals surface area contributed by atoms with Crippen molar-refractivity contribution in [1.82, 2.24) is 14.5 Å². The number of hydrogen-bond acceptors (Lipinski definition) is 5. The van der Waals surface area contributed by atoms with E-state index in [-0.39, 0.29) is 11.5 Å². The number of rotatable bonds is 5. The van der Waals surface area contributed by atoms with E-state index in [0.29, 0.717) is 33.5 Å². The summed E-state index contributed by atoms with van der Waals surface area (Å²) in [5.41, 5.74) is 9.31. The van der Waals surface area contributed by atoms with Gasteiger partial charge in [0.15, 0.2) is 6.10 Å². The van der Waals surface area contributed by atoms with Crippen LogP contribution in [0.5, 0.6) is 0 Å². The number of halogens is 1. The number of amides is 1. The first-order chi connectivity index (χ1) is 15.3. The van der Waals surface area contributed by atoms with E-state index in [2.05, 4.69) is 15.3 Å². The van der Waals surface area contributed by atoms with Gasteiger partial charge in [-0.2, -0.15) is 0 Å². The molecule has 1 atom stereocenters. The van der Waals surface area contributed by atoms with Gasteiger partial charge in [0.1, 0.15) is 23.1 Å². The van der Waals surface area contributed by atoms with Gasteiger partial charge in [0, 0.05) is 30.1 Å². The molecule has 32 heavy (non-hydrogen) atoms. The summed E-state index contributed by atoms with van der Waals surface area (Å²) >= 11 is 0. The van der Waals surface area contributed by atoms with Crippen molar-refractivity contribution in [2.24, 2.45) is 7.05 Å². The van der Waals surface area contributed by atoms with Crippen molar-refractivity contribution in [2.75, 3.05) is 11.1 Å². The average Bonchev–Trinajstić information content (AvgIpc) is 3.09. The second-order valence-electron chi connectivity index (χ2n) is 7.69. The Morgan fingerprint density at radius 1 is 1.22 bits per heavy atom. The van der Waals surface area contributed by atoms with Crippen molar-refractivity contribution in [3.05, 3.63) is 71.4 Å². The minimum atomic E-state index is -1.36. The molecule has 4 N–H and O–H groups in total. The lowest BCUT2D eigenvalue weighted by molar-refractivity contribution is -0.124. The highest BCUT2D eigenvalue weighted by atomic mass is 19.1. The molecule has 0 spiro atoms. The highest BCUT2D eigenvalue weighted by Gasteiger charge is 2.20. The molecule has 2 heterocycles. The number of nitrogens with two attached hydrogens (primary N) is 1. The maximum atomic E-state index is 15.1. The van der Waals surface area contributed by atoms with Crippen LogP contribution in [0.1, 0.15) is 30.0 Å². The average molecular weight is 433 g/mol. The van der Waals surface area contributed by atoms with Crippen LogP contribution >= 0.6 is 0 Å². The topological polar surface area (TPSA) is 106 Å².